The Morgan fingerprint density at radius 2 is 1.92 bits per heavy atom. The van der Waals surface area contributed by atoms with Crippen LogP contribution in [0.2, 0.25) is 0 Å². The number of methoxy groups -OCH3 is 1. The highest BCUT2D eigenvalue weighted by Crippen LogP contribution is 2.23. The van der Waals surface area contributed by atoms with Crippen LogP contribution in [0.15, 0.2) is 36.7 Å². The summed E-state index contributed by atoms with van der Waals surface area (Å²) in [6.45, 7) is 3.67. The second-order valence-corrected chi connectivity index (χ2v) is 5.75. The van der Waals surface area contributed by atoms with Crippen molar-refractivity contribution in [2.75, 3.05) is 44.7 Å². The van der Waals surface area contributed by atoms with Gasteiger partial charge in [-0.25, -0.2) is 14.4 Å². The van der Waals surface area contributed by atoms with E-state index in [4.69, 9.17) is 4.74 Å². The summed E-state index contributed by atoms with van der Waals surface area (Å²) >= 11 is 0. The van der Waals surface area contributed by atoms with Crippen molar-refractivity contribution in [3.63, 3.8) is 0 Å². The van der Waals surface area contributed by atoms with Crippen molar-refractivity contribution in [2.45, 2.75) is 6.10 Å². The van der Waals surface area contributed by atoms with Crippen molar-refractivity contribution in [1.82, 2.24) is 14.9 Å². The first-order chi connectivity index (χ1) is 11.7. The standard InChI is InChI=1S/C17H21FN4O2/c1-24-16-4-3-13(11-14(16)18)15(23)12-21-7-9-22(10-8-21)17-19-5-2-6-20-17/h2-6,11,15,23H,7-10,12H2,1H3. The van der Waals surface area contributed by atoms with Gasteiger partial charge in [-0.3, -0.25) is 4.90 Å². The van der Waals surface area contributed by atoms with Crippen LogP contribution in [-0.4, -0.2) is 59.8 Å². The number of piperazine rings is 1. The smallest absolute Gasteiger partial charge is 0.225 e. The average Bonchev–Trinajstić information content (AvgIpc) is 2.63. The maximum Gasteiger partial charge on any atom is 0.225 e. The third-order valence-corrected chi connectivity index (χ3v) is 4.20. The van der Waals surface area contributed by atoms with Crippen LogP contribution in [0, 0.1) is 5.82 Å². The van der Waals surface area contributed by atoms with Crippen molar-refractivity contribution >= 4 is 5.95 Å². The lowest BCUT2D eigenvalue weighted by Crippen LogP contribution is -2.48. The summed E-state index contributed by atoms with van der Waals surface area (Å²) in [5, 5.41) is 10.4. The molecule has 24 heavy (non-hydrogen) atoms. The van der Waals surface area contributed by atoms with Crippen molar-refractivity contribution < 1.29 is 14.2 Å². The molecule has 0 amide bonds. The number of rotatable bonds is 5. The third kappa shape index (κ3) is 3.80. The largest absolute Gasteiger partial charge is 0.494 e. The van der Waals surface area contributed by atoms with Gasteiger partial charge in [0.15, 0.2) is 11.6 Å². The first kappa shape index (κ1) is 16.6. The van der Waals surface area contributed by atoms with Gasteiger partial charge in [0.2, 0.25) is 5.95 Å². The van der Waals surface area contributed by atoms with Gasteiger partial charge < -0.3 is 14.7 Å². The van der Waals surface area contributed by atoms with E-state index in [1.54, 1.807) is 30.6 Å². The van der Waals surface area contributed by atoms with Crippen molar-refractivity contribution in [2.24, 2.45) is 0 Å². The zero-order valence-electron chi connectivity index (χ0n) is 13.6. The predicted molar refractivity (Wildman–Crippen MR) is 88.6 cm³/mol. The molecule has 0 aliphatic carbocycles. The van der Waals surface area contributed by atoms with Gasteiger partial charge >= 0.3 is 0 Å². The Bertz CT molecular complexity index is 663. The minimum atomic E-state index is -0.732. The highest BCUT2D eigenvalue weighted by atomic mass is 19.1. The Morgan fingerprint density at radius 3 is 2.54 bits per heavy atom. The summed E-state index contributed by atoms with van der Waals surface area (Å²) in [6, 6.07) is 6.36. The van der Waals surface area contributed by atoms with Gasteiger partial charge in [-0.2, -0.15) is 0 Å². The number of nitrogens with zero attached hydrogens (tertiary/aromatic N) is 4. The van der Waals surface area contributed by atoms with Crippen LogP contribution < -0.4 is 9.64 Å². The van der Waals surface area contributed by atoms with E-state index in [1.165, 1.54) is 13.2 Å². The molecule has 0 saturated carbocycles. The summed E-state index contributed by atoms with van der Waals surface area (Å²) in [7, 11) is 1.42. The third-order valence-electron chi connectivity index (χ3n) is 4.20. The number of anilines is 1. The molecule has 1 atom stereocenters. The number of aliphatic hydroxyl groups excluding tert-OH is 1. The number of aliphatic hydroxyl groups is 1. The van der Waals surface area contributed by atoms with Crippen LogP contribution in [0.4, 0.5) is 10.3 Å². The lowest BCUT2D eigenvalue weighted by molar-refractivity contribution is 0.109. The highest BCUT2D eigenvalue weighted by Gasteiger charge is 2.21. The first-order valence-corrected chi connectivity index (χ1v) is 7.93. The average molecular weight is 332 g/mol. The molecule has 1 aliphatic heterocycles. The fourth-order valence-corrected chi connectivity index (χ4v) is 2.82. The summed E-state index contributed by atoms with van der Waals surface area (Å²) in [6.07, 6.45) is 2.73. The van der Waals surface area contributed by atoms with E-state index in [0.717, 1.165) is 32.1 Å². The molecular weight excluding hydrogens is 311 g/mol. The molecule has 1 aromatic heterocycles. The van der Waals surface area contributed by atoms with Crippen molar-refractivity contribution in [3.8, 4) is 5.75 Å². The molecular formula is C17H21FN4O2. The maximum atomic E-state index is 13.8. The molecule has 1 aliphatic rings. The van der Waals surface area contributed by atoms with E-state index in [1.807, 2.05) is 0 Å². The van der Waals surface area contributed by atoms with Crippen molar-refractivity contribution in [1.29, 1.82) is 0 Å². The molecule has 3 rings (SSSR count). The highest BCUT2D eigenvalue weighted by molar-refractivity contribution is 5.31. The second kappa shape index (κ2) is 7.55. The number of hydrogen-bond acceptors (Lipinski definition) is 6. The molecule has 7 heteroatoms. The maximum absolute atomic E-state index is 13.8. The van der Waals surface area contributed by atoms with Crippen LogP contribution in [0.3, 0.4) is 0 Å². The minimum absolute atomic E-state index is 0.183. The van der Waals surface area contributed by atoms with Crippen LogP contribution in [-0.2, 0) is 0 Å². The Hall–Kier alpha value is -2.25. The fraction of sp³-hybridized carbons (Fsp3) is 0.412. The predicted octanol–water partition coefficient (Wildman–Crippen LogP) is 1.48. The Labute approximate surface area is 140 Å². The monoisotopic (exact) mass is 332 g/mol. The van der Waals surface area contributed by atoms with E-state index in [-0.39, 0.29) is 5.75 Å². The van der Waals surface area contributed by atoms with Gasteiger partial charge in [-0.05, 0) is 23.8 Å². The van der Waals surface area contributed by atoms with Crippen LogP contribution >= 0.6 is 0 Å². The SMILES string of the molecule is COc1ccc(C(O)CN2CCN(c3ncccn3)CC2)cc1F. The molecule has 1 aromatic carbocycles. The van der Waals surface area contributed by atoms with Gasteiger partial charge in [-0.1, -0.05) is 6.07 Å². The number of hydrogen-bond donors (Lipinski definition) is 1. The van der Waals surface area contributed by atoms with E-state index in [2.05, 4.69) is 19.8 Å². The topological polar surface area (TPSA) is 61.7 Å². The molecule has 1 unspecified atom stereocenters. The molecule has 128 valence electrons. The molecule has 1 fully saturated rings. The Morgan fingerprint density at radius 1 is 1.21 bits per heavy atom. The normalized spacial score (nSPS) is 16.9. The Balaban J connectivity index is 1.55. The van der Waals surface area contributed by atoms with Gasteiger partial charge in [-0.15, -0.1) is 0 Å². The van der Waals surface area contributed by atoms with E-state index in [0.29, 0.717) is 12.1 Å². The number of aromatic nitrogens is 2. The summed E-state index contributed by atoms with van der Waals surface area (Å²) in [5.74, 6) is 0.456. The fourth-order valence-electron chi connectivity index (χ4n) is 2.82. The van der Waals surface area contributed by atoms with Crippen LogP contribution in [0.5, 0.6) is 5.75 Å². The number of ether oxygens (including phenoxy) is 1. The minimum Gasteiger partial charge on any atom is -0.494 e. The van der Waals surface area contributed by atoms with E-state index >= 15 is 0 Å². The zero-order chi connectivity index (χ0) is 16.9. The molecule has 0 radical (unpaired) electrons. The first-order valence-electron chi connectivity index (χ1n) is 7.93. The molecule has 1 N–H and O–H groups in total. The molecule has 0 spiro atoms. The molecule has 0 bridgehead atoms. The zero-order valence-corrected chi connectivity index (χ0v) is 13.6. The lowest BCUT2D eigenvalue weighted by atomic mass is 10.1. The molecule has 6 nitrogen and oxygen atoms in total. The van der Waals surface area contributed by atoms with Gasteiger partial charge in [0.05, 0.1) is 13.2 Å². The molecule has 1 saturated heterocycles. The summed E-state index contributed by atoms with van der Waals surface area (Å²) in [4.78, 5) is 12.8. The number of β-amino-alcohol motifs (C(OH)–C–C–N with tert-alkyl or cyclic N) is 1. The second-order valence-electron chi connectivity index (χ2n) is 5.75. The van der Waals surface area contributed by atoms with Crippen LogP contribution in [0.1, 0.15) is 11.7 Å². The quantitative estimate of drug-likeness (QED) is 0.895. The van der Waals surface area contributed by atoms with E-state index < -0.39 is 11.9 Å². The van der Waals surface area contributed by atoms with Crippen molar-refractivity contribution in [3.05, 3.63) is 48.0 Å². The lowest BCUT2D eigenvalue weighted by Gasteiger charge is -2.35. The van der Waals surface area contributed by atoms with E-state index in [9.17, 15) is 9.50 Å². The summed E-state index contributed by atoms with van der Waals surface area (Å²) in [5.41, 5.74) is 0.558. The Kier molecular flexibility index (Phi) is 5.22. The van der Waals surface area contributed by atoms with Gasteiger partial charge in [0.1, 0.15) is 0 Å². The molecule has 2 aromatic rings. The van der Waals surface area contributed by atoms with Crippen LogP contribution in [0.25, 0.3) is 0 Å². The number of benzene rings is 1. The summed E-state index contributed by atoms with van der Waals surface area (Å²) < 4.78 is 18.7. The molecule has 2 heterocycles. The number of halogens is 1. The van der Waals surface area contributed by atoms with Gasteiger partial charge in [0, 0.05) is 45.1 Å². The van der Waals surface area contributed by atoms with Gasteiger partial charge in [0.25, 0.3) is 0 Å².